The van der Waals surface area contributed by atoms with Crippen molar-refractivity contribution < 1.29 is 9.47 Å². The van der Waals surface area contributed by atoms with Crippen LogP contribution in [0.2, 0.25) is 0 Å². The van der Waals surface area contributed by atoms with Crippen LogP contribution in [0.3, 0.4) is 0 Å². The van der Waals surface area contributed by atoms with E-state index in [1.54, 1.807) is 7.11 Å². The lowest BCUT2D eigenvalue weighted by Crippen LogP contribution is -2.20. The maximum absolute atomic E-state index is 9.14. The Kier molecular flexibility index (Phi) is 5.40. The Morgan fingerprint density at radius 3 is 2.85 bits per heavy atom. The first-order chi connectivity index (χ1) is 9.74. The molecular formula is C16H22N2O2. The second-order valence-electron chi connectivity index (χ2n) is 5.22. The molecule has 4 nitrogen and oxygen atoms in total. The average molecular weight is 274 g/mol. The third-order valence-electron chi connectivity index (χ3n) is 3.44. The minimum absolute atomic E-state index is 0.288. The van der Waals surface area contributed by atoms with Crippen LogP contribution in [0.1, 0.15) is 43.4 Å². The zero-order chi connectivity index (χ0) is 14.4. The van der Waals surface area contributed by atoms with E-state index in [9.17, 15) is 0 Å². The summed E-state index contributed by atoms with van der Waals surface area (Å²) < 4.78 is 10.7. The topological polar surface area (TPSA) is 54.3 Å². The van der Waals surface area contributed by atoms with Gasteiger partial charge in [-0.3, -0.25) is 0 Å². The van der Waals surface area contributed by atoms with Gasteiger partial charge in [-0.25, -0.2) is 0 Å². The van der Waals surface area contributed by atoms with Gasteiger partial charge in [0.25, 0.3) is 0 Å². The van der Waals surface area contributed by atoms with Crippen molar-refractivity contribution in [1.29, 1.82) is 5.26 Å². The summed E-state index contributed by atoms with van der Waals surface area (Å²) in [4.78, 5) is 0. The number of hydrogen-bond acceptors (Lipinski definition) is 4. The molecule has 2 rings (SSSR count). The molecule has 0 amide bonds. The summed E-state index contributed by atoms with van der Waals surface area (Å²) in [6, 6.07) is 8.94. The van der Waals surface area contributed by atoms with Crippen molar-refractivity contribution in [3.8, 4) is 11.8 Å². The van der Waals surface area contributed by atoms with E-state index < -0.39 is 0 Å². The van der Waals surface area contributed by atoms with Crippen molar-refractivity contribution in [2.75, 3.05) is 20.3 Å². The van der Waals surface area contributed by atoms with Crippen molar-refractivity contribution in [2.24, 2.45) is 0 Å². The number of nitrogens with zero attached hydrogens (tertiary/aromatic N) is 1. The van der Waals surface area contributed by atoms with Gasteiger partial charge < -0.3 is 14.8 Å². The highest BCUT2D eigenvalue weighted by Crippen LogP contribution is 2.27. The summed E-state index contributed by atoms with van der Waals surface area (Å²) in [6.07, 6.45) is 3.35. The Morgan fingerprint density at radius 2 is 2.20 bits per heavy atom. The van der Waals surface area contributed by atoms with Crippen LogP contribution in [0.25, 0.3) is 0 Å². The van der Waals surface area contributed by atoms with Gasteiger partial charge >= 0.3 is 0 Å². The molecule has 1 N–H and O–H groups in total. The Labute approximate surface area is 120 Å². The third kappa shape index (κ3) is 4.22. The van der Waals surface area contributed by atoms with Crippen LogP contribution in [0, 0.1) is 11.3 Å². The van der Waals surface area contributed by atoms with Crippen LogP contribution in [0.4, 0.5) is 0 Å². The largest absolute Gasteiger partial charge is 0.492 e. The van der Waals surface area contributed by atoms with Crippen LogP contribution < -0.4 is 10.1 Å². The maximum atomic E-state index is 9.14. The monoisotopic (exact) mass is 274 g/mol. The molecular weight excluding hydrogens is 252 g/mol. The molecule has 20 heavy (non-hydrogen) atoms. The maximum Gasteiger partial charge on any atom is 0.137 e. The summed E-state index contributed by atoms with van der Waals surface area (Å²) in [7, 11) is 1.67. The Balaban J connectivity index is 2.01. The molecule has 0 heterocycles. The van der Waals surface area contributed by atoms with E-state index in [1.807, 2.05) is 18.2 Å². The molecule has 1 fully saturated rings. The van der Waals surface area contributed by atoms with Crippen LogP contribution in [0.15, 0.2) is 18.2 Å². The molecule has 1 saturated carbocycles. The van der Waals surface area contributed by atoms with E-state index >= 15 is 0 Å². The molecule has 1 aliphatic rings. The number of nitrogens with one attached hydrogen (secondary N) is 1. The smallest absolute Gasteiger partial charge is 0.137 e. The summed E-state index contributed by atoms with van der Waals surface area (Å²) in [5, 5.41) is 12.7. The van der Waals surface area contributed by atoms with E-state index in [0.717, 1.165) is 12.0 Å². The van der Waals surface area contributed by atoms with Crippen LogP contribution in [0.5, 0.6) is 5.75 Å². The SMILES string of the molecule is COCCCOc1cc(C(C)NC2CC2)ccc1C#N. The number of ether oxygens (including phenoxy) is 2. The van der Waals surface area contributed by atoms with Crippen molar-refractivity contribution in [2.45, 2.75) is 38.3 Å². The van der Waals surface area contributed by atoms with Gasteiger partial charge in [0, 0.05) is 32.2 Å². The fraction of sp³-hybridized carbons (Fsp3) is 0.562. The van der Waals surface area contributed by atoms with E-state index in [-0.39, 0.29) is 6.04 Å². The van der Waals surface area contributed by atoms with Gasteiger partial charge in [0.15, 0.2) is 0 Å². The zero-order valence-corrected chi connectivity index (χ0v) is 12.2. The second-order valence-corrected chi connectivity index (χ2v) is 5.22. The Morgan fingerprint density at radius 1 is 1.40 bits per heavy atom. The number of hydrogen-bond donors (Lipinski definition) is 1. The number of benzene rings is 1. The highest BCUT2D eigenvalue weighted by Gasteiger charge is 2.23. The van der Waals surface area contributed by atoms with Gasteiger partial charge in [0.2, 0.25) is 0 Å². The van der Waals surface area contributed by atoms with Gasteiger partial charge in [0.05, 0.1) is 12.2 Å². The van der Waals surface area contributed by atoms with Gasteiger partial charge in [-0.15, -0.1) is 0 Å². The van der Waals surface area contributed by atoms with E-state index in [4.69, 9.17) is 14.7 Å². The highest BCUT2D eigenvalue weighted by atomic mass is 16.5. The molecule has 0 saturated heterocycles. The predicted octanol–water partition coefficient (Wildman–Crippen LogP) is 2.79. The van der Waals surface area contributed by atoms with Gasteiger partial charge in [-0.1, -0.05) is 6.07 Å². The summed E-state index contributed by atoms with van der Waals surface area (Å²) in [6.45, 7) is 3.38. The van der Waals surface area contributed by atoms with Crippen molar-refractivity contribution in [3.63, 3.8) is 0 Å². The van der Waals surface area contributed by atoms with E-state index in [2.05, 4.69) is 18.3 Å². The van der Waals surface area contributed by atoms with E-state index in [0.29, 0.717) is 30.6 Å². The zero-order valence-electron chi connectivity index (χ0n) is 12.2. The molecule has 1 unspecified atom stereocenters. The summed E-state index contributed by atoms with van der Waals surface area (Å²) >= 11 is 0. The first kappa shape index (κ1) is 14.8. The Hall–Kier alpha value is -1.57. The fourth-order valence-electron chi connectivity index (χ4n) is 2.11. The lowest BCUT2D eigenvalue weighted by atomic mass is 10.1. The van der Waals surface area contributed by atoms with Crippen molar-refractivity contribution in [3.05, 3.63) is 29.3 Å². The molecule has 0 spiro atoms. The Bertz CT molecular complexity index is 478. The minimum Gasteiger partial charge on any atom is -0.492 e. The van der Waals surface area contributed by atoms with Crippen molar-refractivity contribution >= 4 is 0 Å². The van der Waals surface area contributed by atoms with Crippen LogP contribution >= 0.6 is 0 Å². The summed E-state index contributed by atoms with van der Waals surface area (Å²) in [5.41, 5.74) is 1.75. The molecule has 1 aliphatic carbocycles. The average Bonchev–Trinajstić information content (AvgIpc) is 3.27. The van der Waals surface area contributed by atoms with Gasteiger partial charge in [0.1, 0.15) is 11.8 Å². The van der Waals surface area contributed by atoms with Gasteiger partial charge in [-0.2, -0.15) is 5.26 Å². The standard InChI is InChI=1S/C16H22N2O2/c1-12(18-15-6-7-15)13-4-5-14(11-17)16(10-13)20-9-3-8-19-2/h4-5,10,12,15,18H,3,6-9H2,1-2H3. The molecule has 108 valence electrons. The molecule has 1 aromatic carbocycles. The second kappa shape index (κ2) is 7.28. The molecule has 0 bridgehead atoms. The van der Waals surface area contributed by atoms with E-state index in [1.165, 1.54) is 12.8 Å². The fourth-order valence-corrected chi connectivity index (χ4v) is 2.11. The molecule has 0 radical (unpaired) electrons. The first-order valence-corrected chi connectivity index (χ1v) is 7.16. The lowest BCUT2D eigenvalue weighted by molar-refractivity contribution is 0.172. The van der Waals surface area contributed by atoms with Gasteiger partial charge in [-0.05, 0) is 37.5 Å². The first-order valence-electron chi connectivity index (χ1n) is 7.16. The molecule has 0 aliphatic heterocycles. The molecule has 4 heteroatoms. The molecule has 0 aromatic heterocycles. The summed E-state index contributed by atoms with van der Waals surface area (Å²) in [5.74, 6) is 0.672. The number of methoxy groups -OCH3 is 1. The molecule has 1 atom stereocenters. The van der Waals surface area contributed by atoms with Crippen LogP contribution in [-0.4, -0.2) is 26.4 Å². The molecule has 1 aromatic rings. The lowest BCUT2D eigenvalue weighted by Gasteiger charge is -2.16. The predicted molar refractivity (Wildman–Crippen MR) is 77.7 cm³/mol. The quantitative estimate of drug-likeness (QED) is 0.741. The normalized spacial score (nSPS) is 15.7. The van der Waals surface area contributed by atoms with Crippen molar-refractivity contribution in [1.82, 2.24) is 5.32 Å². The highest BCUT2D eigenvalue weighted by molar-refractivity contribution is 5.46. The number of rotatable bonds is 8. The van der Waals surface area contributed by atoms with Crippen LogP contribution in [-0.2, 0) is 4.74 Å². The number of nitriles is 1. The minimum atomic E-state index is 0.288. The third-order valence-corrected chi connectivity index (χ3v) is 3.44.